The molecule has 2 aliphatic carbocycles. The fraction of sp³-hybridized carbons (Fsp3) is 0.472. The maximum absolute atomic E-state index is 13.4. The number of benzene rings is 2. The largest absolute Gasteiger partial charge is 0.490 e. The van der Waals surface area contributed by atoms with Gasteiger partial charge in [0.1, 0.15) is 12.4 Å². The Balaban J connectivity index is 1.27. The number of allylic oxidation sites excluding steroid dienone is 1. The minimum Gasteiger partial charge on any atom is -0.490 e. The van der Waals surface area contributed by atoms with Crippen LogP contribution in [0.1, 0.15) is 72.8 Å². The van der Waals surface area contributed by atoms with E-state index < -0.39 is 21.2 Å². The zero-order valence-corrected chi connectivity index (χ0v) is 28.2. The van der Waals surface area contributed by atoms with E-state index in [0.29, 0.717) is 55.7 Å². The zero-order valence-electron chi connectivity index (χ0n) is 26.6. The molecule has 1 amide bonds. The summed E-state index contributed by atoms with van der Waals surface area (Å²) in [7, 11) is -3.89. The number of hydrogen-bond donors (Lipinski definition) is 1. The Kier molecular flexibility index (Phi) is 9.02. The minimum absolute atomic E-state index is 0.169. The van der Waals surface area contributed by atoms with Gasteiger partial charge in [-0.3, -0.25) is 4.79 Å². The summed E-state index contributed by atoms with van der Waals surface area (Å²) >= 11 is 6.44. The van der Waals surface area contributed by atoms with Crippen molar-refractivity contribution in [3.05, 3.63) is 94.5 Å². The predicted octanol–water partition coefficient (Wildman–Crippen LogP) is 6.01. The molecular weight excluding hydrogens is 636 g/mol. The molecule has 47 heavy (non-hydrogen) atoms. The zero-order chi connectivity index (χ0) is 32.6. The molecule has 9 nitrogen and oxygen atoms in total. The number of sulfonamides is 1. The standard InChI is InChI=1S/C36H41ClN4O5S/c1-24-6-2-3-8-32(45-21-34-38-16-5-17-39-34)29-12-9-27(29)20-41-22-36(15-4-7-25-18-28(37)11-13-30(25)36)23-46-33-14-10-26(19-31(33)41)35(42)40-47(24,43)44/h3,5,8,10-11,13-14,16-19,24,27,29,32H,2,4,6-7,9,12,15,20-23H2,1H3,(H,40,42)/b8-3+/t24-,27+,29-,32+,36+/m1/s1. The van der Waals surface area contributed by atoms with Crippen LogP contribution in [0, 0.1) is 11.8 Å². The Morgan fingerprint density at radius 1 is 1.13 bits per heavy atom. The van der Waals surface area contributed by atoms with E-state index in [2.05, 4.69) is 37.8 Å². The summed E-state index contributed by atoms with van der Waals surface area (Å²) < 4.78 is 41.8. The molecule has 0 saturated heterocycles. The van der Waals surface area contributed by atoms with Gasteiger partial charge in [-0.2, -0.15) is 0 Å². The number of anilines is 1. The minimum atomic E-state index is -3.89. The highest BCUT2D eigenvalue weighted by atomic mass is 35.5. The number of nitrogens with one attached hydrogen (secondary N) is 1. The van der Waals surface area contributed by atoms with Crippen LogP contribution in [0.2, 0.25) is 5.02 Å². The van der Waals surface area contributed by atoms with Crippen molar-refractivity contribution in [2.24, 2.45) is 11.8 Å². The number of rotatable bonds is 3. The van der Waals surface area contributed by atoms with E-state index in [1.54, 1.807) is 37.5 Å². The summed E-state index contributed by atoms with van der Waals surface area (Å²) in [4.78, 5) is 24.5. The second-order valence-electron chi connectivity index (χ2n) is 13.5. The van der Waals surface area contributed by atoms with Crippen molar-refractivity contribution < 1.29 is 22.7 Å². The molecule has 4 aliphatic rings. The first-order valence-electron chi connectivity index (χ1n) is 16.6. The number of nitrogens with zero attached hydrogens (tertiary/aromatic N) is 3. The van der Waals surface area contributed by atoms with E-state index >= 15 is 0 Å². The lowest BCUT2D eigenvalue weighted by atomic mass is 9.68. The first-order valence-corrected chi connectivity index (χ1v) is 18.5. The highest BCUT2D eigenvalue weighted by Gasteiger charge is 2.44. The van der Waals surface area contributed by atoms with Gasteiger partial charge in [-0.25, -0.2) is 23.1 Å². The van der Waals surface area contributed by atoms with E-state index in [0.717, 1.165) is 49.4 Å². The highest BCUT2D eigenvalue weighted by molar-refractivity contribution is 7.90. The molecule has 1 N–H and O–H groups in total. The van der Waals surface area contributed by atoms with Crippen molar-refractivity contribution >= 4 is 33.2 Å². The van der Waals surface area contributed by atoms with Crippen LogP contribution in [0.5, 0.6) is 5.75 Å². The molecule has 1 saturated carbocycles. The van der Waals surface area contributed by atoms with Crippen LogP contribution in [0.3, 0.4) is 0 Å². The molecule has 2 aliphatic heterocycles. The van der Waals surface area contributed by atoms with E-state index in [9.17, 15) is 13.2 Å². The topological polar surface area (TPSA) is 111 Å². The third kappa shape index (κ3) is 6.65. The number of ether oxygens (including phenoxy) is 2. The molecule has 11 heteroatoms. The lowest BCUT2D eigenvalue weighted by Crippen LogP contribution is -2.49. The first kappa shape index (κ1) is 32.1. The van der Waals surface area contributed by atoms with Crippen LogP contribution < -0.4 is 14.4 Å². The van der Waals surface area contributed by atoms with Crippen LogP contribution in [-0.2, 0) is 33.2 Å². The van der Waals surface area contributed by atoms with E-state index in [4.69, 9.17) is 21.1 Å². The number of carbonyl (C=O) groups excluding carboxylic acids is 1. The number of amides is 1. The maximum atomic E-state index is 13.4. The average molecular weight is 677 g/mol. The molecule has 3 aromatic rings. The van der Waals surface area contributed by atoms with E-state index in [1.807, 2.05) is 18.2 Å². The molecule has 0 unspecified atom stereocenters. The molecule has 2 bridgehead atoms. The van der Waals surface area contributed by atoms with Gasteiger partial charge in [0.2, 0.25) is 10.0 Å². The second kappa shape index (κ2) is 13.2. The number of carbonyl (C=O) groups is 1. The average Bonchev–Trinajstić information content (AvgIpc) is 3.20. The summed E-state index contributed by atoms with van der Waals surface area (Å²) in [6, 6.07) is 13.3. The Hall–Kier alpha value is -3.47. The predicted molar refractivity (Wildman–Crippen MR) is 181 cm³/mol. The van der Waals surface area contributed by atoms with Gasteiger partial charge in [-0.15, -0.1) is 0 Å². The molecule has 248 valence electrons. The van der Waals surface area contributed by atoms with Gasteiger partial charge in [0.25, 0.3) is 5.91 Å². The van der Waals surface area contributed by atoms with Crippen molar-refractivity contribution in [2.75, 3.05) is 24.6 Å². The fourth-order valence-electron chi connectivity index (χ4n) is 7.69. The van der Waals surface area contributed by atoms with Gasteiger partial charge < -0.3 is 14.4 Å². The summed E-state index contributed by atoms with van der Waals surface area (Å²) in [5.41, 5.74) is 3.36. The monoisotopic (exact) mass is 676 g/mol. The molecule has 1 spiro atoms. The molecule has 2 aromatic carbocycles. The van der Waals surface area contributed by atoms with Gasteiger partial charge in [0, 0.05) is 41.5 Å². The van der Waals surface area contributed by atoms with Crippen LogP contribution in [0.25, 0.3) is 0 Å². The van der Waals surface area contributed by atoms with Crippen LogP contribution in [-0.4, -0.2) is 55.3 Å². The molecule has 7 rings (SSSR count). The molecule has 0 radical (unpaired) electrons. The third-order valence-corrected chi connectivity index (χ3v) is 12.5. The Morgan fingerprint density at radius 2 is 1.98 bits per heavy atom. The normalized spacial score (nSPS) is 29.3. The Labute approximate surface area is 281 Å². The molecule has 3 heterocycles. The van der Waals surface area contributed by atoms with Gasteiger partial charge in [0.05, 0.1) is 23.6 Å². The van der Waals surface area contributed by atoms with Gasteiger partial charge in [-0.1, -0.05) is 29.8 Å². The van der Waals surface area contributed by atoms with Gasteiger partial charge >= 0.3 is 0 Å². The summed E-state index contributed by atoms with van der Waals surface area (Å²) in [5, 5.41) is -0.0150. The molecule has 1 aromatic heterocycles. The molecule has 1 fully saturated rings. The van der Waals surface area contributed by atoms with Crippen molar-refractivity contribution in [2.45, 2.75) is 75.2 Å². The third-order valence-electron chi connectivity index (χ3n) is 10.5. The summed E-state index contributed by atoms with van der Waals surface area (Å²) in [6.07, 6.45) is 13.3. The lowest BCUT2D eigenvalue weighted by molar-refractivity contribution is -0.0249. The fourth-order valence-corrected chi connectivity index (χ4v) is 8.91. The number of fused-ring (bicyclic) bond motifs is 4. The summed E-state index contributed by atoms with van der Waals surface area (Å²) in [5.74, 6) is 1.29. The number of hydrogen-bond acceptors (Lipinski definition) is 8. The van der Waals surface area contributed by atoms with Crippen molar-refractivity contribution in [3.8, 4) is 5.75 Å². The van der Waals surface area contributed by atoms with Gasteiger partial charge in [0.15, 0.2) is 5.82 Å². The Bertz CT molecular complexity index is 1770. The molecule has 5 atom stereocenters. The van der Waals surface area contributed by atoms with Crippen LogP contribution >= 0.6 is 11.6 Å². The van der Waals surface area contributed by atoms with Crippen LogP contribution in [0.4, 0.5) is 5.69 Å². The van der Waals surface area contributed by atoms with Crippen molar-refractivity contribution in [3.63, 3.8) is 0 Å². The number of aromatic nitrogens is 2. The van der Waals surface area contributed by atoms with Crippen LogP contribution in [0.15, 0.2) is 67.0 Å². The lowest BCUT2D eigenvalue weighted by Gasteiger charge is -2.46. The Morgan fingerprint density at radius 3 is 2.79 bits per heavy atom. The van der Waals surface area contributed by atoms with Crippen molar-refractivity contribution in [1.29, 1.82) is 0 Å². The second-order valence-corrected chi connectivity index (χ2v) is 16.1. The first-order chi connectivity index (χ1) is 22.7. The molecular formula is C36H41ClN4O5S. The van der Waals surface area contributed by atoms with E-state index in [1.165, 1.54) is 11.1 Å². The van der Waals surface area contributed by atoms with E-state index in [-0.39, 0.29) is 17.4 Å². The number of halogens is 1. The van der Waals surface area contributed by atoms with Gasteiger partial charge in [-0.05, 0) is 111 Å². The SMILES string of the molecule is C[C@@H]1CC/C=C/[C@H](OCc2ncccn2)[C@@H]2CC[C@H]2CN2C[C@@]3(CCCc4cc(Cl)ccc43)COc3ccc(cc32)C(=O)NS1(=O)=O. The maximum Gasteiger partial charge on any atom is 0.264 e. The number of aryl methyl sites for hydroxylation is 1. The summed E-state index contributed by atoms with van der Waals surface area (Å²) in [6.45, 7) is 3.89. The quantitative estimate of drug-likeness (QED) is 0.336. The van der Waals surface area contributed by atoms with Crippen molar-refractivity contribution in [1.82, 2.24) is 14.7 Å². The smallest absolute Gasteiger partial charge is 0.264 e. The highest BCUT2D eigenvalue weighted by Crippen LogP contribution is 2.47.